The highest BCUT2D eigenvalue weighted by Crippen LogP contribution is 2.18. The van der Waals surface area contributed by atoms with Gasteiger partial charge in [0.25, 0.3) is 0 Å². The lowest BCUT2D eigenvalue weighted by Crippen LogP contribution is -1.64. The Morgan fingerprint density at radius 2 is 2.11 bits per heavy atom. The molecule has 0 nitrogen and oxygen atoms in total. The summed E-state index contributed by atoms with van der Waals surface area (Å²) < 4.78 is 0. The lowest BCUT2D eigenvalue weighted by Gasteiger charge is -1.83. The Bertz CT molecular complexity index is 162. The zero-order valence-corrected chi connectivity index (χ0v) is 7.76. The van der Waals surface area contributed by atoms with Crippen LogP contribution in [-0.2, 0) is 11.8 Å². The van der Waals surface area contributed by atoms with Crippen LogP contribution in [0.1, 0.15) is 16.7 Å². The summed E-state index contributed by atoms with van der Waals surface area (Å²) in [6.45, 7) is 2.18. The Hall–Kier alpha value is 0.180. The van der Waals surface area contributed by atoms with Crippen LogP contribution in [0.5, 0.6) is 0 Å². The van der Waals surface area contributed by atoms with Gasteiger partial charge in [-0.05, 0) is 18.6 Å². The van der Waals surface area contributed by atoms with E-state index in [0.29, 0.717) is 0 Å². The highest BCUT2D eigenvalue weighted by Gasteiger charge is 1.94. The first-order valence-electron chi connectivity index (χ1n) is 3.00. The molecule has 0 bridgehead atoms. The second-order valence-electron chi connectivity index (χ2n) is 1.86. The van der Waals surface area contributed by atoms with Gasteiger partial charge in [-0.2, -0.15) is 0 Å². The number of rotatable bonds is 2. The van der Waals surface area contributed by atoms with Crippen LogP contribution in [0.4, 0.5) is 0 Å². The minimum absolute atomic E-state index is 0.998. The number of thiophene rings is 1. The van der Waals surface area contributed by atoms with Crippen molar-refractivity contribution >= 4 is 27.3 Å². The van der Waals surface area contributed by atoms with Gasteiger partial charge in [0, 0.05) is 15.1 Å². The van der Waals surface area contributed by atoms with Crippen molar-refractivity contribution in [2.24, 2.45) is 0 Å². The predicted molar refractivity (Wildman–Crippen MR) is 46.3 cm³/mol. The molecule has 1 aromatic rings. The maximum Gasteiger partial charge on any atom is 0.0377 e. The topological polar surface area (TPSA) is 0 Å². The molecule has 0 N–H and O–H groups in total. The van der Waals surface area contributed by atoms with E-state index in [4.69, 9.17) is 0 Å². The summed E-state index contributed by atoms with van der Waals surface area (Å²) in [5.74, 6) is 0. The van der Waals surface area contributed by atoms with Crippen molar-refractivity contribution < 1.29 is 0 Å². The molecule has 1 heterocycles. The monoisotopic (exact) mass is 204 g/mol. The van der Waals surface area contributed by atoms with E-state index in [-0.39, 0.29) is 0 Å². The van der Waals surface area contributed by atoms with Crippen LogP contribution in [0.25, 0.3) is 0 Å². The highest BCUT2D eigenvalue weighted by atomic mass is 79.9. The number of aryl methyl sites for hydroxylation is 1. The van der Waals surface area contributed by atoms with Crippen LogP contribution in [0.3, 0.4) is 0 Å². The van der Waals surface area contributed by atoms with E-state index in [0.717, 1.165) is 11.8 Å². The Morgan fingerprint density at radius 1 is 1.44 bits per heavy atom. The number of hydrogen-bond acceptors (Lipinski definition) is 1. The molecule has 2 heteroatoms. The molecular weight excluding hydrogens is 196 g/mol. The van der Waals surface area contributed by atoms with Crippen molar-refractivity contribution in [1.82, 2.24) is 0 Å². The summed E-state index contributed by atoms with van der Waals surface area (Å²) in [7, 11) is 0. The zero-order valence-electron chi connectivity index (χ0n) is 5.36. The Kier molecular flexibility index (Phi) is 2.73. The SMILES string of the molecule is CCc1ccc(CBr)s1. The van der Waals surface area contributed by atoms with E-state index in [1.54, 1.807) is 0 Å². The Morgan fingerprint density at radius 3 is 2.44 bits per heavy atom. The van der Waals surface area contributed by atoms with Gasteiger partial charge in [-0.25, -0.2) is 0 Å². The molecule has 0 aliphatic rings. The van der Waals surface area contributed by atoms with Crippen LogP contribution in [-0.4, -0.2) is 0 Å². The van der Waals surface area contributed by atoms with Gasteiger partial charge >= 0.3 is 0 Å². The molecule has 9 heavy (non-hydrogen) atoms. The lowest BCUT2D eigenvalue weighted by atomic mass is 10.4. The third-order valence-electron chi connectivity index (χ3n) is 1.20. The van der Waals surface area contributed by atoms with Crippen molar-refractivity contribution in [1.29, 1.82) is 0 Å². The minimum Gasteiger partial charge on any atom is -0.145 e. The molecule has 1 rings (SSSR count). The normalized spacial score (nSPS) is 10.0. The van der Waals surface area contributed by atoms with E-state index in [2.05, 4.69) is 35.0 Å². The molecule has 0 fully saturated rings. The van der Waals surface area contributed by atoms with Gasteiger partial charge in [-0.15, -0.1) is 11.3 Å². The molecule has 1 aromatic heterocycles. The first kappa shape index (κ1) is 7.29. The van der Waals surface area contributed by atoms with Crippen molar-refractivity contribution in [3.63, 3.8) is 0 Å². The molecule has 0 amide bonds. The number of alkyl halides is 1. The molecule has 0 aliphatic heterocycles. The lowest BCUT2D eigenvalue weighted by molar-refractivity contribution is 1.19. The summed E-state index contributed by atoms with van der Waals surface area (Å²) in [5.41, 5.74) is 0. The smallest absolute Gasteiger partial charge is 0.0377 e. The summed E-state index contributed by atoms with van der Waals surface area (Å²) in [5, 5.41) is 0.998. The summed E-state index contributed by atoms with van der Waals surface area (Å²) in [4.78, 5) is 2.90. The van der Waals surface area contributed by atoms with Gasteiger partial charge in [-0.1, -0.05) is 22.9 Å². The van der Waals surface area contributed by atoms with Crippen LogP contribution in [0.15, 0.2) is 12.1 Å². The van der Waals surface area contributed by atoms with E-state index >= 15 is 0 Å². The molecule has 0 aliphatic carbocycles. The Balaban J connectivity index is 2.74. The number of hydrogen-bond donors (Lipinski definition) is 0. The first-order valence-corrected chi connectivity index (χ1v) is 4.94. The fraction of sp³-hybridized carbons (Fsp3) is 0.429. The molecule has 50 valence electrons. The second-order valence-corrected chi connectivity index (χ2v) is 3.67. The minimum atomic E-state index is 0.998. The average molecular weight is 205 g/mol. The summed E-state index contributed by atoms with van der Waals surface area (Å²) >= 11 is 5.30. The summed E-state index contributed by atoms with van der Waals surface area (Å²) in [6, 6.07) is 4.37. The van der Waals surface area contributed by atoms with Gasteiger partial charge in [-0.3, -0.25) is 0 Å². The fourth-order valence-corrected chi connectivity index (χ4v) is 2.02. The van der Waals surface area contributed by atoms with Crippen LogP contribution in [0, 0.1) is 0 Å². The van der Waals surface area contributed by atoms with Gasteiger partial charge in [0.2, 0.25) is 0 Å². The predicted octanol–water partition coefficient (Wildman–Crippen LogP) is 3.21. The first-order chi connectivity index (χ1) is 4.36. The van der Waals surface area contributed by atoms with E-state index in [1.807, 2.05) is 11.3 Å². The van der Waals surface area contributed by atoms with Gasteiger partial charge < -0.3 is 0 Å². The second kappa shape index (κ2) is 3.37. The molecule has 0 saturated heterocycles. The standard InChI is InChI=1S/C7H9BrS/c1-2-6-3-4-7(5-8)9-6/h3-4H,2,5H2,1H3. The van der Waals surface area contributed by atoms with E-state index in [9.17, 15) is 0 Å². The van der Waals surface area contributed by atoms with Crippen molar-refractivity contribution in [2.75, 3.05) is 0 Å². The third kappa shape index (κ3) is 1.80. The van der Waals surface area contributed by atoms with E-state index < -0.39 is 0 Å². The average Bonchev–Trinajstić information content (AvgIpc) is 2.34. The van der Waals surface area contributed by atoms with E-state index in [1.165, 1.54) is 9.75 Å². The van der Waals surface area contributed by atoms with Crippen molar-refractivity contribution in [3.05, 3.63) is 21.9 Å². The molecule has 0 saturated carbocycles. The maximum atomic E-state index is 3.41. The fourth-order valence-electron chi connectivity index (χ4n) is 0.684. The van der Waals surface area contributed by atoms with Crippen LogP contribution in [0.2, 0.25) is 0 Å². The third-order valence-corrected chi connectivity index (χ3v) is 3.40. The molecular formula is C7H9BrS. The Labute approximate surface area is 68.0 Å². The van der Waals surface area contributed by atoms with Gasteiger partial charge in [0.15, 0.2) is 0 Å². The van der Waals surface area contributed by atoms with Crippen molar-refractivity contribution in [2.45, 2.75) is 18.7 Å². The molecule has 0 atom stereocenters. The van der Waals surface area contributed by atoms with Gasteiger partial charge in [0.05, 0.1) is 0 Å². The quantitative estimate of drug-likeness (QED) is 0.650. The molecule has 0 unspecified atom stereocenters. The largest absolute Gasteiger partial charge is 0.145 e. The molecule has 0 radical (unpaired) electrons. The maximum absolute atomic E-state index is 3.41. The summed E-state index contributed by atoms with van der Waals surface area (Å²) in [6.07, 6.45) is 1.16. The van der Waals surface area contributed by atoms with Crippen molar-refractivity contribution in [3.8, 4) is 0 Å². The van der Waals surface area contributed by atoms with Gasteiger partial charge in [0.1, 0.15) is 0 Å². The van der Waals surface area contributed by atoms with Crippen LogP contribution >= 0.6 is 27.3 Å². The van der Waals surface area contributed by atoms with Crippen LogP contribution < -0.4 is 0 Å². The highest BCUT2D eigenvalue weighted by molar-refractivity contribution is 9.08. The zero-order chi connectivity index (χ0) is 6.69. The number of halogens is 1. The molecule has 0 spiro atoms. The molecule has 0 aromatic carbocycles.